The molecule has 1 unspecified atom stereocenters. The molecule has 9 heteroatoms. The predicted octanol–water partition coefficient (Wildman–Crippen LogP) is 4.74. The van der Waals surface area contributed by atoms with Crippen molar-refractivity contribution in [3.8, 4) is 11.5 Å². The normalized spacial score (nSPS) is 19.9. The van der Waals surface area contributed by atoms with Crippen LogP contribution in [0.25, 0.3) is 0 Å². The van der Waals surface area contributed by atoms with Gasteiger partial charge in [0.1, 0.15) is 0 Å². The number of aliphatic hydroxyl groups is 1. The Morgan fingerprint density at radius 3 is 2.71 bits per heavy atom. The van der Waals surface area contributed by atoms with Gasteiger partial charge in [-0.15, -0.1) is 0 Å². The molecule has 0 spiro atoms. The summed E-state index contributed by atoms with van der Waals surface area (Å²) in [6.07, 6.45) is 4.59. The van der Waals surface area contributed by atoms with Gasteiger partial charge in [-0.1, -0.05) is 47.2 Å². The summed E-state index contributed by atoms with van der Waals surface area (Å²) in [5.74, 6) is 1.35. The van der Waals surface area contributed by atoms with E-state index in [0.717, 1.165) is 54.8 Å². The third-order valence-corrected chi connectivity index (χ3v) is 8.50. The van der Waals surface area contributed by atoms with Crippen molar-refractivity contribution in [3.63, 3.8) is 0 Å². The molecule has 3 aliphatic rings. The zero-order valence-electron chi connectivity index (χ0n) is 19.1. The summed E-state index contributed by atoms with van der Waals surface area (Å²) in [5, 5.41) is 14.3. The summed E-state index contributed by atoms with van der Waals surface area (Å²) in [6, 6.07) is 13.5. The fourth-order valence-corrected chi connectivity index (χ4v) is 6.23. The van der Waals surface area contributed by atoms with E-state index in [2.05, 4.69) is 15.2 Å². The van der Waals surface area contributed by atoms with Crippen molar-refractivity contribution in [1.82, 2.24) is 9.88 Å². The van der Waals surface area contributed by atoms with E-state index < -0.39 is 5.41 Å². The first-order valence-corrected chi connectivity index (χ1v) is 13.1. The minimum atomic E-state index is -0.558. The number of piperidine rings is 1. The summed E-state index contributed by atoms with van der Waals surface area (Å²) in [4.78, 5) is 21.3. The Hall–Kier alpha value is -2.65. The third kappa shape index (κ3) is 4.29. The first-order chi connectivity index (χ1) is 17.0. The number of rotatable bonds is 6. The van der Waals surface area contributed by atoms with Crippen molar-refractivity contribution in [2.24, 2.45) is 0 Å². The molecule has 0 radical (unpaired) electrons. The van der Waals surface area contributed by atoms with Gasteiger partial charge in [0.25, 0.3) is 0 Å². The number of fused-ring (bicyclic) bond motifs is 1. The number of thiazole rings is 1. The van der Waals surface area contributed by atoms with Crippen LogP contribution in [0.5, 0.6) is 11.5 Å². The first-order valence-electron chi connectivity index (χ1n) is 11.9. The maximum absolute atomic E-state index is 13.4. The molecule has 1 saturated carbocycles. The highest BCUT2D eigenvalue weighted by Gasteiger charge is 2.52. The molecule has 35 heavy (non-hydrogen) atoms. The molecular weight excluding hydrogens is 486 g/mol. The number of aliphatic hydroxyl groups excluding tert-OH is 1. The van der Waals surface area contributed by atoms with Crippen molar-refractivity contribution < 1.29 is 19.4 Å². The Morgan fingerprint density at radius 2 is 1.94 bits per heavy atom. The van der Waals surface area contributed by atoms with E-state index >= 15 is 0 Å². The molecule has 1 saturated heterocycles. The van der Waals surface area contributed by atoms with Gasteiger partial charge in [-0.25, -0.2) is 4.98 Å². The van der Waals surface area contributed by atoms with Crippen LogP contribution < -0.4 is 14.8 Å². The monoisotopic (exact) mass is 511 g/mol. The summed E-state index contributed by atoms with van der Waals surface area (Å²) in [7, 11) is 0. The van der Waals surface area contributed by atoms with Gasteiger partial charge >= 0.3 is 0 Å². The fourth-order valence-electron chi connectivity index (χ4n) is 5.02. The third-order valence-electron chi connectivity index (χ3n) is 7.19. The molecule has 2 aliphatic heterocycles. The Labute approximate surface area is 212 Å². The quantitative estimate of drug-likeness (QED) is 0.497. The molecule has 1 aliphatic carbocycles. The summed E-state index contributed by atoms with van der Waals surface area (Å²) < 4.78 is 10.9. The molecule has 1 amide bonds. The Morgan fingerprint density at radius 1 is 1.17 bits per heavy atom. The summed E-state index contributed by atoms with van der Waals surface area (Å²) in [6.45, 7) is 1.75. The molecule has 3 heterocycles. The first kappa shape index (κ1) is 22.8. The number of carbonyl (C=O) groups is 1. The van der Waals surface area contributed by atoms with Crippen molar-refractivity contribution in [3.05, 3.63) is 69.7 Å². The van der Waals surface area contributed by atoms with Crippen molar-refractivity contribution in [2.45, 2.75) is 43.2 Å². The van der Waals surface area contributed by atoms with E-state index in [4.69, 9.17) is 21.1 Å². The molecule has 2 fully saturated rings. The second-order valence-corrected chi connectivity index (χ2v) is 10.8. The molecule has 1 atom stereocenters. The highest BCUT2D eigenvalue weighted by Crippen LogP contribution is 2.51. The maximum Gasteiger partial charge on any atom is 0.236 e. The predicted molar refractivity (Wildman–Crippen MR) is 134 cm³/mol. The van der Waals surface area contributed by atoms with Crippen LogP contribution in [0, 0.1) is 0 Å². The van der Waals surface area contributed by atoms with E-state index in [1.807, 2.05) is 48.7 Å². The lowest BCUT2D eigenvalue weighted by Crippen LogP contribution is -2.38. The topological polar surface area (TPSA) is 83.9 Å². The molecular formula is C26H26ClN3O4S. The average Bonchev–Trinajstić information content (AvgIpc) is 3.33. The highest BCUT2D eigenvalue weighted by molar-refractivity contribution is 7.15. The number of nitrogens with one attached hydrogen (secondary N) is 1. The molecule has 3 aromatic rings. The minimum absolute atomic E-state index is 0.0485. The van der Waals surface area contributed by atoms with Gasteiger partial charge in [0.05, 0.1) is 17.6 Å². The van der Waals surface area contributed by atoms with Gasteiger partial charge in [0.2, 0.25) is 12.7 Å². The maximum atomic E-state index is 13.4. The number of benzene rings is 2. The summed E-state index contributed by atoms with van der Waals surface area (Å²) >= 11 is 8.08. The molecule has 2 aromatic carbocycles. The van der Waals surface area contributed by atoms with Crippen LogP contribution in [0.3, 0.4) is 0 Å². The molecule has 0 bridgehead atoms. The van der Waals surface area contributed by atoms with Crippen LogP contribution in [0.2, 0.25) is 5.02 Å². The number of amides is 1. The number of ether oxygens (including phenoxy) is 2. The van der Waals surface area contributed by atoms with Gasteiger partial charge in [-0.2, -0.15) is 0 Å². The number of anilines is 1. The van der Waals surface area contributed by atoms with Crippen molar-refractivity contribution in [2.75, 3.05) is 25.2 Å². The van der Waals surface area contributed by atoms with Crippen LogP contribution >= 0.6 is 22.9 Å². The molecule has 6 rings (SSSR count). The molecule has 2 N–H and O–H groups in total. The number of carbonyl (C=O) groups excluding carboxylic acids is 1. The van der Waals surface area contributed by atoms with Crippen molar-refractivity contribution in [1.29, 1.82) is 0 Å². The minimum Gasteiger partial charge on any atom is -0.454 e. The second-order valence-electron chi connectivity index (χ2n) is 9.36. The van der Waals surface area contributed by atoms with Crippen LogP contribution in [0.1, 0.15) is 47.7 Å². The SMILES string of the molecule is O=C(Nc1ncc(C(c2ccccc2Cl)N2CCC(O)CC2)s1)C1(c2ccc3c(c2)OCO3)CC1. The molecule has 182 valence electrons. The van der Waals surface area contributed by atoms with Gasteiger partial charge in [0.15, 0.2) is 16.6 Å². The van der Waals surface area contributed by atoms with Gasteiger partial charge in [0, 0.05) is 29.2 Å². The standard InChI is InChI=1S/C26H26ClN3O4S/c27-19-4-2-1-3-18(19)23(30-11-7-17(31)8-12-30)22-14-28-25(35-22)29-24(32)26(9-10-26)16-5-6-20-21(13-16)34-15-33-20/h1-6,13-14,17,23,31H,7-12,15H2,(H,28,29,32). The van der Waals surface area contributed by atoms with E-state index in [-0.39, 0.29) is 24.8 Å². The number of hydrogen-bond acceptors (Lipinski definition) is 7. The lowest BCUT2D eigenvalue weighted by molar-refractivity contribution is -0.118. The second kappa shape index (κ2) is 9.09. The molecule has 1 aromatic heterocycles. The van der Waals surface area contributed by atoms with Gasteiger partial charge in [-0.05, 0) is 55.0 Å². The van der Waals surface area contributed by atoms with E-state index in [0.29, 0.717) is 21.7 Å². The Bertz CT molecular complexity index is 1250. The number of nitrogens with zero attached hydrogens (tertiary/aromatic N) is 2. The number of aromatic nitrogens is 1. The van der Waals surface area contributed by atoms with Crippen LogP contribution in [0.4, 0.5) is 5.13 Å². The zero-order chi connectivity index (χ0) is 24.0. The average molecular weight is 512 g/mol. The highest BCUT2D eigenvalue weighted by atomic mass is 35.5. The van der Waals surface area contributed by atoms with E-state index in [9.17, 15) is 9.90 Å². The van der Waals surface area contributed by atoms with Crippen molar-refractivity contribution >= 4 is 34.0 Å². The van der Waals surface area contributed by atoms with Gasteiger partial charge in [-0.3, -0.25) is 9.69 Å². The summed E-state index contributed by atoms with van der Waals surface area (Å²) in [5.41, 5.74) is 1.39. The lowest BCUT2D eigenvalue weighted by atomic mass is 9.94. The fraction of sp³-hybridized carbons (Fsp3) is 0.385. The number of hydrogen-bond donors (Lipinski definition) is 2. The van der Waals surface area contributed by atoms with Crippen LogP contribution in [-0.2, 0) is 10.2 Å². The van der Waals surface area contributed by atoms with Crippen LogP contribution in [0.15, 0.2) is 48.7 Å². The Balaban J connectivity index is 1.24. The zero-order valence-corrected chi connectivity index (χ0v) is 20.6. The molecule has 7 nitrogen and oxygen atoms in total. The van der Waals surface area contributed by atoms with Gasteiger partial charge < -0.3 is 19.9 Å². The lowest BCUT2D eigenvalue weighted by Gasteiger charge is -2.36. The smallest absolute Gasteiger partial charge is 0.236 e. The Kier molecular flexibility index (Phi) is 5.92. The number of halogens is 1. The number of likely N-dealkylation sites (tertiary alicyclic amines) is 1. The largest absolute Gasteiger partial charge is 0.454 e. The van der Waals surface area contributed by atoms with E-state index in [1.165, 1.54) is 11.3 Å². The van der Waals surface area contributed by atoms with Crippen LogP contribution in [-0.4, -0.2) is 46.9 Å². The van der Waals surface area contributed by atoms with E-state index in [1.54, 1.807) is 0 Å².